The third kappa shape index (κ3) is 3.21. The molecule has 1 N–H and O–H groups in total. The molecular formula is C14H19N. The lowest BCUT2D eigenvalue weighted by atomic mass is 9.96. The first kappa shape index (κ1) is 10.4. The van der Waals surface area contributed by atoms with E-state index in [2.05, 4.69) is 42.2 Å². The summed E-state index contributed by atoms with van der Waals surface area (Å²) in [4.78, 5) is 0. The normalized spacial score (nSPS) is 21.6. The highest BCUT2D eigenvalue weighted by Crippen LogP contribution is 2.15. The number of hydrogen-bond acceptors (Lipinski definition) is 1. The molecule has 1 nitrogen and oxygen atoms in total. The van der Waals surface area contributed by atoms with Gasteiger partial charge in [0.05, 0.1) is 0 Å². The Balaban J connectivity index is 1.77. The lowest BCUT2D eigenvalue weighted by Crippen LogP contribution is -2.35. The summed E-state index contributed by atoms with van der Waals surface area (Å²) in [5, 5.41) is 3.54. The van der Waals surface area contributed by atoms with Crippen molar-refractivity contribution < 1.29 is 0 Å². The molecule has 1 saturated heterocycles. The van der Waals surface area contributed by atoms with Gasteiger partial charge in [0, 0.05) is 12.6 Å². The average Bonchev–Trinajstić information content (AvgIpc) is 2.30. The molecule has 1 aromatic rings. The average molecular weight is 201 g/mol. The Morgan fingerprint density at radius 3 is 2.73 bits per heavy atom. The first-order chi connectivity index (χ1) is 7.34. The second-order valence-electron chi connectivity index (χ2n) is 4.39. The number of hydrogen-bond donors (Lipinski definition) is 1. The van der Waals surface area contributed by atoms with Crippen molar-refractivity contribution in [2.75, 3.05) is 6.54 Å². The van der Waals surface area contributed by atoms with E-state index in [1.54, 1.807) is 0 Å². The fourth-order valence-electron chi connectivity index (χ4n) is 2.09. The van der Waals surface area contributed by atoms with E-state index in [1.807, 2.05) is 0 Å². The summed E-state index contributed by atoms with van der Waals surface area (Å²) in [5.74, 6) is 0. The largest absolute Gasteiger partial charge is 0.310 e. The zero-order valence-corrected chi connectivity index (χ0v) is 9.21. The summed E-state index contributed by atoms with van der Waals surface area (Å²) in [6, 6.07) is 11.4. The van der Waals surface area contributed by atoms with Crippen LogP contribution in [0.25, 0.3) is 0 Å². The van der Waals surface area contributed by atoms with Crippen LogP contribution in [0.5, 0.6) is 0 Å². The van der Waals surface area contributed by atoms with Crippen LogP contribution in [0.4, 0.5) is 0 Å². The van der Waals surface area contributed by atoms with Gasteiger partial charge in [-0.25, -0.2) is 0 Å². The summed E-state index contributed by atoms with van der Waals surface area (Å²) >= 11 is 0. The fraction of sp³-hybridized carbons (Fsp3) is 0.429. The third-order valence-corrected chi connectivity index (χ3v) is 3.11. The Kier molecular flexibility index (Phi) is 3.57. The minimum atomic E-state index is 0.690. The van der Waals surface area contributed by atoms with Crippen molar-refractivity contribution >= 4 is 0 Å². The summed E-state index contributed by atoms with van der Waals surface area (Å²) in [6.07, 6.45) is 4.89. The lowest BCUT2D eigenvalue weighted by Gasteiger charge is -2.25. The number of benzene rings is 1. The number of piperidine rings is 1. The molecule has 1 aromatic carbocycles. The number of rotatable bonds is 3. The predicted molar refractivity (Wildman–Crippen MR) is 64.9 cm³/mol. The van der Waals surface area contributed by atoms with Crippen LogP contribution in [-0.4, -0.2) is 12.6 Å². The Hall–Kier alpha value is -1.08. The fourth-order valence-corrected chi connectivity index (χ4v) is 2.09. The van der Waals surface area contributed by atoms with Crippen LogP contribution in [0.15, 0.2) is 42.5 Å². The quantitative estimate of drug-likeness (QED) is 0.741. The number of aryl methyl sites for hydroxylation is 1. The van der Waals surface area contributed by atoms with Gasteiger partial charge in [0.1, 0.15) is 0 Å². The molecule has 0 saturated carbocycles. The van der Waals surface area contributed by atoms with Crippen molar-refractivity contribution in [1.82, 2.24) is 5.32 Å². The van der Waals surface area contributed by atoms with Gasteiger partial charge in [0.25, 0.3) is 0 Å². The minimum absolute atomic E-state index is 0.690. The van der Waals surface area contributed by atoms with E-state index >= 15 is 0 Å². The first-order valence-corrected chi connectivity index (χ1v) is 5.78. The van der Waals surface area contributed by atoms with Gasteiger partial charge in [-0.3, -0.25) is 0 Å². The van der Waals surface area contributed by atoms with Gasteiger partial charge in [-0.15, -0.1) is 0 Å². The zero-order valence-electron chi connectivity index (χ0n) is 9.21. The highest BCUT2D eigenvalue weighted by atomic mass is 14.9. The molecular weight excluding hydrogens is 182 g/mol. The Morgan fingerprint density at radius 1 is 1.27 bits per heavy atom. The predicted octanol–water partition coefficient (Wildman–Crippen LogP) is 2.93. The van der Waals surface area contributed by atoms with Gasteiger partial charge in [0.15, 0.2) is 0 Å². The molecule has 1 aliphatic rings. The molecule has 0 aromatic heterocycles. The van der Waals surface area contributed by atoms with Gasteiger partial charge in [-0.2, -0.15) is 0 Å². The summed E-state index contributed by atoms with van der Waals surface area (Å²) in [7, 11) is 0. The molecule has 2 rings (SSSR count). The topological polar surface area (TPSA) is 12.0 Å². The van der Waals surface area contributed by atoms with Crippen molar-refractivity contribution in [2.45, 2.75) is 31.7 Å². The SMILES string of the molecule is C=C1CCC(CCc2ccccc2)NC1. The van der Waals surface area contributed by atoms with Crippen LogP contribution in [0.3, 0.4) is 0 Å². The lowest BCUT2D eigenvalue weighted by molar-refractivity contribution is 0.431. The molecule has 1 heteroatoms. The monoisotopic (exact) mass is 201 g/mol. The van der Waals surface area contributed by atoms with E-state index in [-0.39, 0.29) is 0 Å². The summed E-state index contributed by atoms with van der Waals surface area (Å²) < 4.78 is 0. The molecule has 0 aliphatic carbocycles. The van der Waals surface area contributed by atoms with Crippen LogP contribution in [-0.2, 0) is 6.42 Å². The maximum absolute atomic E-state index is 4.00. The van der Waals surface area contributed by atoms with Crippen LogP contribution < -0.4 is 5.32 Å². The van der Waals surface area contributed by atoms with Gasteiger partial charge in [0.2, 0.25) is 0 Å². The van der Waals surface area contributed by atoms with E-state index < -0.39 is 0 Å². The van der Waals surface area contributed by atoms with E-state index in [9.17, 15) is 0 Å². The molecule has 0 spiro atoms. The molecule has 1 heterocycles. The highest BCUT2D eigenvalue weighted by Gasteiger charge is 2.13. The minimum Gasteiger partial charge on any atom is -0.310 e. The van der Waals surface area contributed by atoms with E-state index in [1.165, 1.54) is 36.8 Å². The van der Waals surface area contributed by atoms with Crippen LogP contribution in [0.1, 0.15) is 24.8 Å². The smallest absolute Gasteiger partial charge is 0.0164 e. The third-order valence-electron chi connectivity index (χ3n) is 3.11. The molecule has 1 unspecified atom stereocenters. The Bertz CT molecular complexity index is 305. The van der Waals surface area contributed by atoms with E-state index in [0.29, 0.717) is 6.04 Å². The van der Waals surface area contributed by atoms with Gasteiger partial charge < -0.3 is 5.32 Å². The molecule has 1 aliphatic heterocycles. The maximum atomic E-state index is 4.00. The second kappa shape index (κ2) is 5.13. The maximum Gasteiger partial charge on any atom is 0.0164 e. The van der Waals surface area contributed by atoms with E-state index in [0.717, 1.165) is 6.54 Å². The Morgan fingerprint density at radius 2 is 2.07 bits per heavy atom. The van der Waals surface area contributed by atoms with Gasteiger partial charge >= 0.3 is 0 Å². The standard InChI is InChI=1S/C14H19N/c1-12-7-9-14(15-11-12)10-8-13-5-3-2-4-6-13/h2-6,14-15H,1,7-11H2. The molecule has 1 atom stereocenters. The summed E-state index contributed by atoms with van der Waals surface area (Å²) in [6.45, 7) is 5.02. The van der Waals surface area contributed by atoms with Crippen molar-refractivity contribution in [3.05, 3.63) is 48.0 Å². The summed E-state index contributed by atoms with van der Waals surface area (Å²) in [5.41, 5.74) is 2.80. The molecule has 0 amide bonds. The van der Waals surface area contributed by atoms with E-state index in [4.69, 9.17) is 0 Å². The van der Waals surface area contributed by atoms with Gasteiger partial charge in [-0.1, -0.05) is 42.5 Å². The number of nitrogens with one attached hydrogen (secondary N) is 1. The van der Waals surface area contributed by atoms with Crippen molar-refractivity contribution in [1.29, 1.82) is 0 Å². The van der Waals surface area contributed by atoms with Crippen molar-refractivity contribution in [3.8, 4) is 0 Å². The molecule has 0 bridgehead atoms. The van der Waals surface area contributed by atoms with Crippen molar-refractivity contribution in [2.24, 2.45) is 0 Å². The zero-order chi connectivity index (χ0) is 10.5. The Labute approximate surface area is 92.2 Å². The first-order valence-electron chi connectivity index (χ1n) is 5.78. The highest BCUT2D eigenvalue weighted by molar-refractivity contribution is 5.15. The second-order valence-corrected chi connectivity index (χ2v) is 4.39. The van der Waals surface area contributed by atoms with Crippen molar-refractivity contribution in [3.63, 3.8) is 0 Å². The van der Waals surface area contributed by atoms with Crippen LogP contribution >= 0.6 is 0 Å². The van der Waals surface area contributed by atoms with Crippen LogP contribution in [0, 0.1) is 0 Å². The molecule has 1 fully saturated rings. The van der Waals surface area contributed by atoms with Crippen LogP contribution in [0.2, 0.25) is 0 Å². The molecule has 0 radical (unpaired) electrons. The molecule has 15 heavy (non-hydrogen) atoms. The van der Waals surface area contributed by atoms with Gasteiger partial charge in [-0.05, 0) is 31.2 Å². The molecule has 80 valence electrons.